The minimum Gasteiger partial charge on any atom is -0.481 e. The summed E-state index contributed by atoms with van der Waals surface area (Å²) in [4.78, 5) is 50.9. The summed E-state index contributed by atoms with van der Waals surface area (Å²) in [5.41, 5.74) is -1.46. The number of rotatable bonds is 7. The highest BCUT2D eigenvalue weighted by molar-refractivity contribution is 5.95. The van der Waals surface area contributed by atoms with Crippen LogP contribution in [0.4, 0.5) is 0 Å². The molecule has 2 saturated heterocycles. The minimum absolute atomic E-state index is 0.0106. The van der Waals surface area contributed by atoms with Gasteiger partial charge in [0.15, 0.2) is 30.9 Å². The fourth-order valence-electron chi connectivity index (χ4n) is 13.2. The van der Waals surface area contributed by atoms with Crippen LogP contribution in [0.2, 0.25) is 0 Å². The van der Waals surface area contributed by atoms with Crippen LogP contribution in [-0.2, 0) is 38.1 Å². The topological polar surface area (TPSA) is 227 Å². The van der Waals surface area contributed by atoms with E-state index >= 15 is 0 Å². The van der Waals surface area contributed by atoms with Crippen molar-refractivity contribution in [1.82, 2.24) is 0 Å². The van der Waals surface area contributed by atoms with E-state index in [1.807, 2.05) is 13.0 Å². The number of aliphatic hydroxyl groups excluding tert-OH is 5. The van der Waals surface area contributed by atoms with E-state index in [2.05, 4.69) is 41.5 Å². The smallest absolute Gasteiger partial charge is 0.309 e. The van der Waals surface area contributed by atoms with Crippen LogP contribution in [0.5, 0.6) is 0 Å². The Kier molecular flexibility index (Phi) is 10.5. The molecule has 0 aromatic carbocycles. The third kappa shape index (κ3) is 5.97. The summed E-state index contributed by atoms with van der Waals surface area (Å²) in [6.07, 6.45) is -8.22. The normalized spacial score (nSPS) is 54.0. The zero-order valence-corrected chi connectivity index (χ0v) is 33.6. The van der Waals surface area contributed by atoms with Crippen LogP contribution in [0.15, 0.2) is 11.6 Å². The zero-order chi connectivity index (χ0) is 41.1. The lowest BCUT2D eigenvalue weighted by atomic mass is 9.33. The molecule has 7 aliphatic rings. The molecule has 6 N–H and O–H groups in total. The fraction of sp³-hybridized carbons (Fsp3) is 0.857. The van der Waals surface area contributed by atoms with E-state index in [0.717, 1.165) is 37.7 Å². The first-order chi connectivity index (χ1) is 26.0. The number of carboxylic acids is 1. The monoisotopic (exact) mass is 790 g/mol. The molecule has 14 nitrogen and oxygen atoms in total. The van der Waals surface area contributed by atoms with E-state index in [9.17, 15) is 49.8 Å². The van der Waals surface area contributed by atoms with Gasteiger partial charge in [-0.25, -0.2) is 0 Å². The molecule has 0 unspecified atom stereocenters. The van der Waals surface area contributed by atoms with Gasteiger partial charge in [0.05, 0.1) is 11.5 Å². The number of allylic oxidation sites excluding steroid dienone is 2. The number of ether oxygens (including phenoxy) is 4. The molecule has 0 aromatic heterocycles. The second kappa shape index (κ2) is 14.0. The summed E-state index contributed by atoms with van der Waals surface area (Å²) in [5.74, 6) is -0.964. The van der Waals surface area contributed by atoms with Gasteiger partial charge in [0.1, 0.15) is 48.8 Å². The lowest BCUT2D eigenvalue weighted by Gasteiger charge is -2.70. The van der Waals surface area contributed by atoms with E-state index in [1.54, 1.807) is 0 Å². The van der Waals surface area contributed by atoms with Crippen molar-refractivity contribution in [3.05, 3.63) is 11.6 Å². The first kappa shape index (κ1) is 42.0. The lowest BCUT2D eigenvalue weighted by Crippen LogP contribution is -2.67. The highest BCUT2D eigenvalue weighted by atomic mass is 16.8. The number of carbonyl (C=O) groups is 4. The van der Waals surface area contributed by atoms with E-state index in [-0.39, 0.29) is 46.1 Å². The third-order valence-corrected chi connectivity index (χ3v) is 17.1. The number of aliphatic hydroxyl groups is 5. The fourth-order valence-corrected chi connectivity index (χ4v) is 13.2. The van der Waals surface area contributed by atoms with E-state index < -0.39 is 89.7 Å². The summed E-state index contributed by atoms with van der Waals surface area (Å²) in [6, 6.07) is 0. The maximum Gasteiger partial charge on any atom is 0.309 e. The molecule has 314 valence electrons. The molecule has 7 rings (SSSR count). The Balaban J connectivity index is 1.17. The number of hydrogen-bond donors (Lipinski definition) is 6. The SMILES string of the molecule is CC1(C)[C@@H](O[C@H]2O[C@H](C=O)[C@@H](O)[C@H](O)[C@H]2O[C@H]2O[C@@H](C=O)[C@H](O)[C@@H](O)[C@@H]2O)CC[C@]2(C)[C@H]3C(=O)C=C4[C@@H]5C[C@@](C)(C(=O)O)CC[C@]5(C)CC[C@@]4(C)[C@]3(C)CC[C@@H]12. The zero-order valence-electron chi connectivity index (χ0n) is 33.6. The number of aliphatic carboxylic acids is 1. The number of carboxylic acid groups (broad SMARTS) is 1. The first-order valence-electron chi connectivity index (χ1n) is 20.4. The number of carbonyl (C=O) groups excluding carboxylic acids is 3. The van der Waals surface area contributed by atoms with Gasteiger partial charge < -0.3 is 59.2 Å². The standard InChI is InChI=1S/C42H62O14/c1-37(2)25-8-11-42(7)33(22(45)16-20-21-17-39(4,36(51)52)13-12-38(21,3)14-15-41(20,42)6)40(25,5)10-9-26(37)55-35-32(30(49)28(47)24(19-44)54-35)56-34-31(50)29(48)27(46)23(18-43)53-34/h16,18-19,21,23-35,46-50H,8-15,17H2,1-7H3,(H,51,52)/t21-,23-,24+,25-,26-,27-,28+,29+,30-,31-,32+,33+,34+,35+,38+,39-,40-,41+,42+/m0/s1. The van der Waals surface area contributed by atoms with Gasteiger partial charge >= 0.3 is 5.97 Å². The number of fused-ring (bicyclic) bond motifs is 7. The molecule has 6 fully saturated rings. The number of aldehydes is 2. The third-order valence-electron chi connectivity index (χ3n) is 17.1. The molecule has 0 radical (unpaired) electrons. The van der Waals surface area contributed by atoms with E-state index in [1.165, 1.54) is 0 Å². The van der Waals surface area contributed by atoms with Crippen molar-refractivity contribution in [1.29, 1.82) is 0 Å². The van der Waals surface area contributed by atoms with Gasteiger partial charge in [-0.2, -0.15) is 0 Å². The predicted octanol–water partition coefficient (Wildman–Crippen LogP) is 2.47. The summed E-state index contributed by atoms with van der Waals surface area (Å²) in [7, 11) is 0. The van der Waals surface area contributed by atoms with Gasteiger partial charge in [-0.15, -0.1) is 0 Å². The quantitative estimate of drug-likeness (QED) is 0.161. The van der Waals surface area contributed by atoms with Crippen LogP contribution >= 0.6 is 0 Å². The summed E-state index contributed by atoms with van der Waals surface area (Å²) in [6.45, 7) is 15.1. The number of hydrogen-bond acceptors (Lipinski definition) is 13. The average Bonchev–Trinajstić information content (AvgIpc) is 3.13. The van der Waals surface area contributed by atoms with E-state index in [4.69, 9.17) is 18.9 Å². The maximum absolute atomic E-state index is 14.8. The van der Waals surface area contributed by atoms with Crippen LogP contribution in [-0.4, -0.2) is 122 Å². The Morgan fingerprint density at radius 2 is 1.36 bits per heavy atom. The molecular weight excluding hydrogens is 728 g/mol. The second-order valence-corrected chi connectivity index (χ2v) is 20.3. The van der Waals surface area contributed by atoms with Crippen LogP contribution in [0, 0.1) is 50.2 Å². The molecule has 4 saturated carbocycles. The molecule has 0 aromatic rings. The van der Waals surface area contributed by atoms with Crippen molar-refractivity contribution >= 4 is 24.3 Å². The predicted molar refractivity (Wildman–Crippen MR) is 196 cm³/mol. The van der Waals surface area contributed by atoms with Crippen LogP contribution in [0.25, 0.3) is 0 Å². The average molecular weight is 791 g/mol. The van der Waals surface area contributed by atoms with Crippen LogP contribution < -0.4 is 0 Å². The largest absolute Gasteiger partial charge is 0.481 e. The highest BCUT2D eigenvalue weighted by Crippen LogP contribution is 2.75. The van der Waals surface area contributed by atoms with Crippen molar-refractivity contribution in [3.8, 4) is 0 Å². The molecule has 0 bridgehead atoms. The van der Waals surface area contributed by atoms with Crippen LogP contribution in [0.1, 0.15) is 106 Å². The number of ketones is 1. The van der Waals surface area contributed by atoms with Gasteiger partial charge in [0, 0.05) is 5.92 Å². The van der Waals surface area contributed by atoms with E-state index in [0.29, 0.717) is 32.0 Å². The molecule has 0 amide bonds. The lowest BCUT2D eigenvalue weighted by molar-refractivity contribution is -0.368. The maximum atomic E-state index is 14.8. The Morgan fingerprint density at radius 3 is 1.98 bits per heavy atom. The van der Waals surface area contributed by atoms with Crippen molar-refractivity contribution in [2.75, 3.05) is 0 Å². The Labute approximate surface area is 328 Å². The second-order valence-electron chi connectivity index (χ2n) is 20.3. The van der Waals surface area contributed by atoms with Crippen molar-refractivity contribution in [2.45, 2.75) is 174 Å². The molecule has 2 aliphatic heterocycles. The minimum atomic E-state index is -1.85. The Bertz CT molecular complexity index is 1630. The van der Waals surface area contributed by atoms with Gasteiger partial charge in [-0.05, 0) is 110 Å². The Hall–Kier alpha value is -2.14. The Morgan fingerprint density at radius 1 is 0.750 bits per heavy atom. The molecule has 0 spiro atoms. The highest BCUT2D eigenvalue weighted by Gasteiger charge is 2.71. The summed E-state index contributed by atoms with van der Waals surface area (Å²) >= 11 is 0. The van der Waals surface area contributed by atoms with Crippen molar-refractivity contribution in [2.24, 2.45) is 50.2 Å². The molecular formula is C42H62O14. The van der Waals surface area contributed by atoms with Gasteiger partial charge in [-0.3, -0.25) is 9.59 Å². The molecule has 56 heavy (non-hydrogen) atoms. The summed E-state index contributed by atoms with van der Waals surface area (Å²) in [5, 5.41) is 63.4. The van der Waals surface area contributed by atoms with Gasteiger partial charge in [0.25, 0.3) is 0 Å². The van der Waals surface area contributed by atoms with Gasteiger partial charge in [-0.1, -0.05) is 47.1 Å². The molecule has 19 atom stereocenters. The van der Waals surface area contributed by atoms with Gasteiger partial charge in [0.2, 0.25) is 0 Å². The first-order valence-corrected chi connectivity index (χ1v) is 20.4. The molecule has 5 aliphatic carbocycles. The molecule has 2 heterocycles. The molecule has 14 heteroatoms. The van der Waals surface area contributed by atoms with Crippen LogP contribution in [0.3, 0.4) is 0 Å². The summed E-state index contributed by atoms with van der Waals surface area (Å²) < 4.78 is 23.8. The van der Waals surface area contributed by atoms with Crippen molar-refractivity contribution < 1.29 is 68.8 Å². The van der Waals surface area contributed by atoms with Crippen molar-refractivity contribution in [3.63, 3.8) is 0 Å².